The quantitative estimate of drug-likeness (QED) is 0.557. The molecule has 2 N–H and O–H groups in total. The fraction of sp³-hybridized carbons (Fsp3) is 0.320. The maximum Gasteiger partial charge on any atom is 0.291 e. The number of morpholine rings is 1. The normalized spacial score (nSPS) is 15.7. The highest BCUT2D eigenvalue weighted by molar-refractivity contribution is 6.11. The largest absolute Gasteiger partial charge is 0.484 e. The van der Waals surface area contributed by atoms with E-state index in [-0.39, 0.29) is 30.1 Å². The Morgan fingerprint density at radius 1 is 1.00 bits per heavy atom. The number of rotatable bonds is 7. The fourth-order valence-electron chi connectivity index (χ4n) is 3.81. The van der Waals surface area contributed by atoms with Gasteiger partial charge in [0.05, 0.1) is 13.2 Å². The zero-order valence-corrected chi connectivity index (χ0v) is 18.5. The Balaban J connectivity index is 1.28. The number of furan rings is 1. The Morgan fingerprint density at radius 2 is 1.79 bits per heavy atom. The summed E-state index contributed by atoms with van der Waals surface area (Å²) in [5, 5.41) is 6.28. The number of anilines is 2. The molecule has 1 aliphatic carbocycles. The number of benzene rings is 2. The smallest absolute Gasteiger partial charge is 0.291 e. The van der Waals surface area contributed by atoms with Gasteiger partial charge in [0, 0.05) is 36.1 Å². The molecule has 1 aliphatic heterocycles. The molecule has 9 nitrogen and oxygen atoms in total. The first kappa shape index (κ1) is 22.0. The summed E-state index contributed by atoms with van der Waals surface area (Å²) in [5.74, 6) is -0.106. The van der Waals surface area contributed by atoms with E-state index in [1.54, 1.807) is 47.4 Å². The molecule has 176 valence electrons. The number of hydrogen-bond donors (Lipinski definition) is 2. The van der Waals surface area contributed by atoms with E-state index in [0.717, 1.165) is 12.8 Å². The average molecular weight is 463 g/mol. The molecule has 9 heteroatoms. The predicted molar refractivity (Wildman–Crippen MR) is 125 cm³/mol. The molecule has 0 bridgehead atoms. The lowest BCUT2D eigenvalue weighted by Gasteiger charge is -2.26. The van der Waals surface area contributed by atoms with Gasteiger partial charge in [-0.25, -0.2) is 0 Å². The van der Waals surface area contributed by atoms with Crippen LogP contribution in [0.15, 0.2) is 52.9 Å². The maximum absolute atomic E-state index is 13.1. The molecule has 2 fully saturated rings. The summed E-state index contributed by atoms with van der Waals surface area (Å²) >= 11 is 0. The van der Waals surface area contributed by atoms with Crippen LogP contribution in [0.5, 0.6) is 5.75 Å². The Hall–Kier alpha value is -3.85. The summed E-state index contributed by atoms with van der Waals surface area (Å²) in [7, 11) is 0. The third-order valence-electron chi connectivity index (χ3n) is 5.77. The van der Waals surface area contributed by atoms with Crippen LogP contribution in [0, 0.1) is 5.92 Å². The number of nitrogens with zero attached hydrogens (tertiary/aromatic N) is 1. The van der Waals surface area contributed by atoms with E-state index in [2.05, 4.69) is 10.6 Å². The second-order valence-electron chi connectivity index (χ2n) is 8.34. The van der Waals surface area contributed by atoms with Gasteiger partial charge in [0.15, 0.2) is 6.61 Å². The van der Waals surface area contributed by atoms with E-state index in [0.29, 0.717) is 54.4 Å². The molecule has 0 spiro atoms. The van der Waals surface area contributed by atoms with Crippen molar-refractivity contribution in [1.29, 1.82) is 0 Å². The van der Waals surface area contributed by atoms with Gasteiger partial charge in [-0.05, 0) is 37.1 Å². The molecule has 1 saturated carbocycles. The minimum atomic E-state index is -0.435. The highest BCUT2D eigenvalue weighted by Crippen LogP contribution is 2.32. The van der Waals surface area contributed by atoms with Crippen molar-refractivity contribution in [3.8, 4) is 5.75 Å². The highest BCUT2D eigenvalue weighted by Gasteiger charge is 2.30. The van der Waals surface area contributed by atoms with Gasteiger partial charge in [-0.1, -0.05) is 18.2 Å². The second kappa shape index (κ2) is 9.56. The third-order valence-corrected chi connectivity index (χ3v) is 5.77. The summed E-state index contributed by atoms with van der Waals surface area (Å²) in [6.45, 7) is 1.56. The second-order valence-corrected chi connectivity index (χ2v) is 8.34. The lowest BCUT2D eigenvalue weighted by molar-refractivity contribution is -0.118. The van der Waals surface area contributed by atoms with Crippen LogP contribution in [0.25, 0.3) is 11.0 Å². The molecule has 3 aromatic rings. The van der Waals surface area contributed by atoms with Crippen LogP contribution in [0.1, 0.15) is 23.4 Å². The van der Waals surface area contributed by atoms with Crippen molar-refractivity contribution in [3.05, 3.63) is 54.3 Å². The molecular formula is C25H25N3O6. The van der Waals surface area contributed by atoms with Gasteiger partial charge in [0.25, 0.3) is 11.8 Å². The maximum atomic E-state index is 13.1. The minimum absolute atomic E-state index is 0.000747. The van der Waals surface area contributed by atoms with Crippen molar-refractivity contribution in [1.82, 2.24) is 4.90 Å². The zero-order chi connectivity index (χ0) is 23.5. The fourth-order valence-corrected chi connectivity index (χ4v) is 3.81. The molecule has 0 radical (unpaired) electrons. The van der Waals surface area contributed by atoms with Crippen LogP contribution in [0.2, 0.25) is 0 Å². The predicted octanol–water partition coefficient (Wildman–Crippen LogP) is 3.27. The van der Waals surface area contributed by atoms with Crippen LogP contribution < -0.4 is 15.4 Å². The molecule has 3 amide bonds. The Labute approximate surface area is 196 Å². The van der Waals surface area contributed by atoms with Crippen molar-refractivity contribution in [2.24, 2.45) is 5.92 Å². The van der Waals surface area contributed by atoms with Gasteiger partial charge < -0.3 is 29.4 Å². The summed E-state index contributed by atoms with van der Waals surface area (Å²) in [6.07, 6.45) is 1.84. The zero-order valence-electron chi connectivity index (χ0n) is 18.5. The highest BCUT2D eigenvalue weighted by atomic mass is 16.5. The number of carbonyl (C=O) groups is 3. The first-order chi connectivity index (χ1) is 16.6. The molecule has 1 saturated heterocycles. The number of carbonyl (C=O) groups excluding carboxylic acids is 3. The number of hydrogen-bond acceptors (Lipinski definition) is 6. The molecule has 5 rings (SSSR count). The van der Waals surface area contributed by atoms with Crippen molar-refractivity contribution in [3.63, 3.8) is 0 Å². The molecule has 2 heterocycles. The topological polar surface area (TPSA) is 110 Å². The van der Waals surface area contributed by atoms with Gasteiger partial charge in [-0.15, -0.1) is 0 Å². The molecule has 1 aromatic heterocycles. The Bertz CT molecular complexity index is 1230. The van der Waals surface area contributed by atoms with Gasteiger partial charge in [-0.2, -0.15) is 0 Å². The monoisotopic (exact) mass is 463 g/mol. The number of ether oxygens (including phenoxy) is 2. The number of fused-ring (bicyclic) bond motifs is 1. The first-order valence-corrected chi connectivity index (χ1v) is 11.3. The molecule has 0 unspecified atom stereocenters. The van der Waals surface area contributed by atoms with Crippen LogP contribution in [-0.4, -0.2) is 55.5 Å². The molecule has 2 aromatic carbocycles. The van der Waals surface area contributed by atoms with Crippen LogP contribution in [-0.2, 0) is 14.3 Å². The average Bonchev–Trinajstić information content (AvgIpc) is 3.66. The summed E-state index contributed by atoms with van der Waals surface area (Å²) in [5.41, 5.74) is 1.45. The van der Waals surface area contributed by atoms with Crippen molar-refractivity contribution < 1.29 is 28.3 Å². The number of nitrogens with one attached hydrogen (secondary N) is 2. The molecule has 0 atom stereocenters. The number of para-hydroxylation sites is 1. The van der Waals surface area contributed by atoms with Gasteiger partial charge in [-0.3, -0.25) is 14.4 Å². The van der Waals surface area contributed by atoms with Gasteiger partial charge in [0.1, 0.15) is 17.0 Å². The number of amides is 3. The van der Waals surface area contributed by atoms with Crippen LogP contribution in [0.3, 0.4) is 0 Å². The van der Waals surface area contributed by atoms with E-state index >= 15 is 0 Å². The summed E-state index contributed by atoms with van der Waals surface area (Å²) < 4.78 is 16.8. The van der Waals surface area contributed by atoms with Crippen LogP contribution >= 0.6 is 0 Å². The van der Waals surface area contributed by atoms with E-state index in [9.17, 15) is 14.4 Å². The first-order valence-electron chi connectivity index (χ1n) is 11.3. The Kier molecular flexibility index (Phi) is 6.18. The molecule has 2 aliphatic rings. The summed E-state index contributed by atoms with van der Waals surface area (Å²) in [6, 6.07) is 14.1. The van der Waals surface area contributed by atoms with Crippen molar-refractivity contribution in [2.75, 3.05) is 43.5 Å². The summed E-state index contributed by atoms with van der Waals surface area (Å²) in [4.78, 5) is 39.5. The van der Waals surface area contributed by atoms with E-state index in [4.69, 9.17) is 13.9 Å². The lowest BCUT2D eigenvalue weighted by atomic mass is 10.2. The Morgan fingerprint density at radius 3 is 2.59 bits per heavy atom. The van der Waals surface area contributed by atoms with Crippen LogP contribution in [0.4, 0.5) is 11.4 Å². The standard InChI is InChI=1S/C25H25N3O6/c29-21(15-33-18-5-3-4-17(14-18)26-24(30)16-8-9-16)27-22-19-6-1-2-7-20(19)34-23(22)25(31)28-10-12-32-13-11-28/h1-7,14,16H,8-13,15H2,(H,26,30)(H,27,29). The molecule has 34 heavy (non-hydrogen) atoms. The van der Waals surface area contributed by atoms with Gasteiger partial charge in [0.2, 0.25) is 11.7 Å². The van der Waals surface area contributed by atoms with Crippen molar-refractivity contribution in [2.45, 2.75) is 12.8 Å². The molecular weight excluding hydrogens is 438 g/mol. The van der Waals surface area contributed by atoms with E-state index < -0.39 is 5.91 Å². The van der Waals surface area contributed by atoms with Crippen molar-refractivity contribution >= 4 is 40.1 Å². The lowest BCUT2D eigenvalue weighted by Crippen LogP contribution is -2.40. The van der Waals surface area contributed by atoms with E-state index in [1.165, 1.54) is 0 Å². The minimum Gasteiger partial charge on any atom is -0.484 e. The third kappa shape index (κ3) is 4.89. The van der Waals surface area contributed by atoms with Gasteiger partial charge >= 0.3 is 0 Å². The van der Waals surface area contributed by atoms with E-state index in [1.807, 2.05) is 6.07 Å². The SMILES string of the molecule is O=C(COc1cccc(NC(=O)C2CC2)c1)Nc1c(C(=O)N2CCOCC2)oc2ccccc12.